The number of benzene rings is 2. The van der Waals surface area contributed by atoms with Gasteiger partial charge >= 0.3 is 5.69 Å². The minimum atomic E-state index is -0.468. The van der Waals surface area contributed by atoms with Crippen LogP contribution >= 0.6 is 11.6 Å². The number of aromatic nitrogens is 2. The minimum Gasteiger partial charge on any atom is -0.368 e. The molecule has 0 aliphatic carbocycles. The van der Waals surface area contributed by atoms with E-state index in [2.05, 4.69) is 20.2 Å². The molecule has 1 aliphatic rings. The molecule has 31 heavy (non-hydrogen) atoms. The first-order valence-electron chi connectivity index (χ1n) is 9.70. The van der Waals surface area contributed by atoms with Crippen LogP contribution in [0.2, 0.25) is 5.02 Å². The van der Waals surface area contributed by atoms with Crippen molar-refractivity contribution >= 4 is 40.3 Å². The van der Waals surface area contributed by atoms with Gasteiger partial charge in [0.25, 0.3) is 0 Å². The van der Waals surface area contributed by atoms with Crippen molar-refractivity contribution in [3.8, 4) is 0 Å². The van der Waals surface area contributed by atoms with Gasteiger partial charge in [-0.2, -0.15) is 0 Å². The van der Waals surface area contributed by atoms with E-state index in [-0.39, 0.29) is 23.1 Å². The number of nitro groups is 1. The molecular formula is C21H20ClFN6O2. The van der Waals surface area contributed by atoms with Gasteiger partial charge in [-0.1, -0.05) is 17.7 Å². The van der Waals surface area contributed by atoms with Crippen molar-refractivity contribution < 1.29 is 9.31 Å². The number of piperazine rings is 1. The first-order valence-corrected chi connectivity index (χ1v) is 10.1. The third-order valence-electron chi connectivity index (χ3n) is 5.21. The largest absolute Gasteiger partial charge is 0.368 e. The van der Waals surface area contributed by atoms with Crippen LogP contribution in [-0.4, -0.2) is 41.1 Å². The number of rotatable bonds is 5. The summed E-state index contributed by atoms with van der Waals surface area (Å²) in [7, 11) is 0. The average Bonchev–Trinajstić information content (AvgIpc) is 2.76. The van der Waals surface area contributed by atoms with Crippen molar-refractivity contribution in [1.82, 2.24) is 9.97 Å². The molecule has 0 saturated carbocycles. The van der Waals surface area contributed by atoms with Gasteiger partial charge in [-0.15, -0.1) is 0 Å². The van der Waals surface area contributed by atoms with Crippen LogP contribution in [0.25, 0.3) is 0 Å². The number of aryl methyl sites for hydroxylation is 1. The van der Waals surface area contributed by atoms with Crippen molar-refractivity contribution in [3.05, 3.63) is 75.3 Å². The summed E-state index contributed by atoms with van der Waals surface area (Å²) in [6, 6.07) is 11.6. The highest BCUT2D eigenvalue weighted by Gasteiger charge is 2.29. The fourth-order valence-corrected chi connectivity index (χ4v) is 3.72. The van der Waals surface area contributed by atoms with E-state index in [1.165, 1.54) is 18.5 Å². The van der Waals surface area contributed by atoms with Crippen LogP contribution < -0.4 is 15.1 Å². The number of nitrogens with one attached hydrogen (secondary N) is 1. The molecule has 3 aromatic rings. The van der Waals surface area contributed by atoms with Gasteiger partial charge < -0.3 is 15.1 Å². The van der Waals surface area contributed by atoms with E-state index < -0.39 is 4.92 Å². The Bertz CT molecular complexity index is 1100. The Hall–Kier alpha value is -3.46. The Morgan fingerprint density at radius 2 is 1.74 bits per heavy atom. The van der Waals surface area contributed by atoms with Crippen molar-refractivity contribution in [2.24, 2.45) is 0 Å². The predicted octanol–water partition coefficient (Wildman–Crippen LogP) is 4.56. The highest BCUT2D eigenvalue weighted by atomic mass is 35.5. The summed E-state index contributed by atoms with van der Waals surface area (Å²) in [5.41, 5.74) is 2.25. The van der Waals surface area contributed by atoms with Gasteiger partial charge in [-0.3, -0.25) is 10.1 Å². The normalized spacial score (nSPS) is 13.9. The number of anilines is 4. The lowest BCUT2D eigenvalue weighted by atomic mass is 10.2. The molecule has 8 nitrogen and oxygen atoms in total. The summed E-state index contributed by atoms with van der Waals surface area (Å²) in [5, 5.41) is 15.5. The maximum absolute atomic E-state index is 13.2. The first-order chi connectivity index (χ1) is 14.9. The van der Waals surface area contributed by atoms with Gasteiger partial charge in [0.1, 0.15) is 12.1 Å². The molecule has 0 unspecified atom stereocenters. The quantitative estimate of drug-likeness (QED) is 0.458. The second kappa shape index (κ2) is 8.73. The topological polar surface area (TPSA) is 87.4 Å². The summed E-state index contributed by atoms with van der Waals surface area (Å²) in [6.45, 7) is 4.20. The molecule has 0 spiro atoms. The molecule has 0 radical (unpaired) electrons. The van der Waals surface area contributed by atoms with E-state index in [1.807, 2.05) is 17.9 Å². The van der Waals surface area contributed by atoms with E-state index in [0.717, 1.165) is 11.3 Å². The molecular weight excluding hydrogens is 423 g/mol. The molecule has 4 rings (SSSR count). The molecule has 0 amide bonds. The number of hydrogen-bond donors (Lipinski definition) is 1. The van der Waals surface area contributed by atoms with Crippen LogP contribution in [0.15, 0.2) is 48.8 Å². The lowest BCUT2D eigenvalue weighted by Gasteiger charge is -2.36. The predicted molar refractivity (Wildman–Crippen MR) is 119 cm³/mol. The lowest BCUT2D eigenvalue weighted by molar-refractivity contribution is -0.383. The standard InChI is InChI=1S/C21H20ClFN6O2/c1-14-2-3-15(22)12-18(14)26-20-19(29(30)31)21(25-13-24-20)28-10-8-27(9-11-28)17-6-4-16(23)5-7-17/h2-7,12-13H,8-11H2,1H3,(H,24,25,26). The molecule has 1 saturated heterocycles. The fourth-order valence-electron chi connectivity index (χ4n) is 3.55. The Kier molecular flexibility index (Phi) is 5.85. The lowest BCUT2D eigenvalue weighted by Crippen LogP contribution is -2.47. The van der Waals surface area contributed by atoms with Gasteiger partial charge in [-0.25, -0.2) is 14.4 Å². The highest BCUT2D eigenvalue weighted by molar-refractivity contribution is 6.30. The van der Waals surface area contributed by atoms with Gasteiger partial charge in [0.2, 0.25) is 11.6 Å². The summed E-state index contributed by atoms with van der Waals surface area (Å²) < 4.78 is 13.2. The maximum atomic E-state index is 13.2. The maximum Gasteiger partial charge on any atom is 0.353 e. The second-order valence-electron chi connectivity index (χ2n) is 7.19. The van der Waals surface area contributed by atoms with Crippen LogP contribution in [-0.2, 0) is 0 Å². The van der Waals surface area contributed by atoms with Crippen LogP contribution in [0.3, 0.4) is 0 Å². The highest BCUT2D eigenvalue weighted by Crippen LogP contribution is 2.35. The number of hydrogen-bond acceptors (Lipinski definition) is 7. The van der Waals surface area contributed by atoms with Crippen molar-refractivity contribution in [1.29, 1.82) is 0 Å². The third-order valence-corrected chi connectivity index (χ3v) is 5.44. The number of halogens is 2. The Balaban J connectivity index is 1.57. The molecule has 1 aromatic heterocycles. The fraction of sp³-hybridized carbons (Fsp3) is 0.238. The van der Waals surface area contributed by atoms with Crippen molar-refractivity contribution in [2.45, 2.75) is 6.92 Å². The molecule has 160 valence electrons. The summed E-state index contributed by atoms with van der Waals surface area (Å²) in [6.07, 6.45) is 1.32. The molecule has 2 heterocycles. The zero-order chi connectivity index (χ0) is 22.0. The second-order valence-corrected chi connectivity index (χ2v) is 7.62. The zero-order valence-electron chi connectivity index (χ0n) is 16.8. The van der Waals surface area contributed by atoms with Gasteiger partial charge in [0.05, 0.1) is 4.92 Å². The molecule has 1 aliphatic heterocycles. The van der Waals surface area contributed by atoms with Crippen LogP contribution in [0.1, 0.15) is 5.56 Å². The van der Waals surface area contributed by atoms with Crippen LogP contribution in [0, 0.1) is 22.9 Å². The van der Waals surface area contributed by atoms with Crippen LogP contribution in [0.5, 0.6) is 0 Å². The summed E-state index contributed by atoms with van der Waals surface area (Å²) in [4.78, 5) is 23.8. The number of nitrogens with zero attached hydrogens (tertiary/aromatic N) is 5. The van der Waals surface area contributed by atoms with Gasteiger partial charge in [0.15, 0.2) is 0 Å². The van der Waals surface area contributed by atoms with E-state index >= 15 is 0 Å². The zero-order valence-corrected chi connectivity index (χ0v) is 17.5. The minimum absolute atomic E-state index is 0.112. The van der Waals surface area contributed by atoms with E-state index in [9.17, 15) is 14.5 Å². The van der Waals surface area contributed by atoms with E-state index in [1.54, 1.807) is 24.3 Å². The molecule has 2 aromatic carbocycles. The molecule has 1 fully saturated rings. The van der Waals surface area contributed by atoms with E-state index in [0.29, 0.717) is 36.9 Å². The van der Waals surface area contributed by atoms with Gasteiger partial charge in [0, 0.05) is 42.6 Å². The Morgan fingerprint density at radius 3 is 2.42 bits per heavy atom. The van der Waals surface area contributed by atoms with Crippen LogP contribution in [0.4, 0.5) is 33.1 Å². The Morgan fingerprint density at radius 1 is 1.06 bits per heavy atom. The molecule has 0 bridgehead atoms. The van der Waals surface area contributed by atoms with Crippen molar-refractivity contribution in [3.63, 3.8) is 0 Å². The summed E-state index contributed by atoms with van der Waals surface area (Å²) >= 11 is 6.07. The molecule has 0 atom stereocenters. The van der Waals surface area contributed by atoms with E-state index in [4.69, 9.17) is 11.6 Å². The third kappa shape index (κ3) is 4.51. The van der Waals surface area contributed by atoms with Crippen molar-refractivity contribution in [2.75, 3.05) is 41.3 Å². The smallest absolute Gasteiger partial charge is 0.353 e. The molecule has 10 heteroatoms. The first kappa shape index (κ1) is 20.8. The SMILES string of the molecule is Cc1ccc(Cl)cc1Nc1ncnc(N2CCN(c3ccc(F)cc3)CC2)c1[N+](=O)[O-]. The van der Waals surface area contributed by atoms with Gasteiger partial charge in [-0.05, 0) is 48.9 Å². The molecule has 1 N–H and O–H groups in total. The summed E-state index contributed by atoms with van der Waals surface area (Å²) in [5.74, 6) is 0.0937. The monoisotopic (exact) mass is 442 g/mol. The Labute approximate surface area is 183 Å². The average molecular weight is 443 g/mol.